The summed E-state index contributed by atoms with van der Waals surface area (Å²) in [7, 11) is -1.68. The molecule has 0 saturated carbocycles. The molecule has 0 heterocycles. The van der Waals surface area contributed by atoms with Crippen LogP contribution in [0, 0.1) is 0 Å². The molecule has 0 amide bonds. The third-order valence-electron chi connectivity index (χ3n) is 3.32. The Balaban J connectivity index is 3.82. The lowest BCUT2D eigenvalue weighted by molar-refractivity contribution is -0.143. The lowest BCUT2D eigenvalue weighted by Crippen LogP contribution is -2.39. The minimum absolute atomic E-state index is 0.115. The van der Waals surface area contributed by atoms with Gasteiger partial charge < -0.3 is 9.16 Å². The van der Waals surface area contributed by atoms with Gasteiger partial charge in [0.2, 0.25) is 8.32 Å². The Labute approximate surface area is 113 Å². The number of carbonyl (C=O) groups is 1. The van der Waals surface area contributed by atoms with Gasteiger partial charge in [-0.2, -0.15) is 0 Å². The van der Waals surface area contributed by atoms with Gasteiger partial charge in [-0.15, -0.1) is 0 Å². The lowest BCUT2D eigenvalue weighted by Gasteiger charge is -2.34. The molecule has 0 spiro atoms. The van der Waals surface area contributed by atoms with Crippen molar-refractivity contribution in [2.75, 3.05) is 6.61 Å². The first-order chi connectivity index (χ1) is 8.20. The van der Waals surface area contributed by atoms with Gasteiger partial charge >= 0.3 is 5.97 Å². The molecular weight excluding hydrogens is 244 g/mol. The highest BCUT2D eigenvalue weighted by Gasteiger charge is 2.37. The maximum Gasteiger partial charge on any atom is 0.305 e. The van der Waals surface area contributed by atoms with E-state index in [1.54, 1.807) is 0 Å². The normalized spacial score (nSPS) is 12.8. The van der Waals surface area contributed by atoms with Crippen LogP contribution in [0.15, 0.2) is 12.3 Å². The van der Waals surface area contributed by atoms with Gasteiger partial charge in [0.05, 0.1) is 12.9 Å². The molecule has 0 aliphatic rings. The van der Waals surface area contributed by atoms with Gasteiger partial charge in [0.15, 0.2) is 0 Å². The van der Waals surface area contributed by atoms with Crippen LogP contribution in [0.5, 0.6) is 0 Å². The summed E-state index contributed by atoms with van der Waals surface area (Å²) in [5.74, 6) is -0.115. The van der Waals surface area contributed by atoms with E-state index in [2.05, 4.69) is 33.9 Å². The molecule has 0 N–H and O–H groups in total. The van der Waals surface area contributed by atoms with Crippen LogP contribution in [-0.2, 0) is 14.0 Å². The van der Waals surface area contributed by atoms with Gasteiger partial charge in [0.25, 0.3) is 0 Å². The SMILES string of the molecule is CCOC(=O)CCC/C=C\O[Si](C)(C)C(C)(C)C. The maximum atomic E-state index is 11.1. The smallest absolute Gasteiger partial charge is 0.305 e. The fourth-order valence-corrected chi connectivity index (χ4v) is 1.85. The second kappa shape index (κ2) is 7.62. The molecule has 18 heavy (non-hydrogen) atoms. The molecule has 0 rings (SSSR count). The van der Waals surface area contributed by atoms with E-state index in [9.17, 15) is 4.79 Å². The molecule has 0 aliphatic heterocycles. The number of esters is 1. The first-order valence-corrected chi connectivity index (χ1v) is 9.60. The van der Waals surface area contributed by atoms with Crippen molar-refractivity contribution in [2.45, 2.75) is 65.1 Å². The van der Waals surface area contributed by atoms with Crippen LogP contribution >= 0.6 is 0 Å². The van der Waals surface area contributed by atoms with Gasteiger partial charge in [-0.05, 0) is 37.9 Å². The van der Waals surface area contributed by atoms with E-state index in [-0.39, 0.29) is 11.0 Å². The van der Waals surface area contributed by atoms with Crippen molar-refractivity contribution in [2.24, 2.45) is 0 Å². The fraction of sp³-hybridized carbons (Fsp3) is 0.786. The largest absolute Gasteiger partial charge is 0.549 e. The Morgan fingerprint density at radius 1 is 1.28 bits per heavy atom. The summed E-state index contributed by atoms with van der Waals surface area (Å²) in [5, 5.41) is 0.224. The summed E-state index contributed by atoms with van der Waals surface area (Å²) in [5.41, 5.74) is 0. The van der Waals surface area contributed by atoms with Crippen LogP contribution in [0.25, 0.3) is 0 Å². The standard InChI is InChI=1S/C14H28O3Si/c1-7-16-13(15)11-9-8-10-12-17-18(5,6)14(2,3)4/h10,12H,7-9,11H2,1-6H3/b12-10-. The van der Waals surface area contributed by atoms with Crippen molar-refractivity contribution in [3.8, 4) is 0 Å². The number of hydrogen-bond acceptors (Lipinski definition) is 3. The fourth-order valence-electron chi connectivity index (χ4n) is 1.06. The number of allylic oxidation sites excluding steroid dienone is 1. The zero-order chi connectivity index (χ0) is 14.2. The minimum Gasteiger partial charge on any atom is -0.549 e. The van der Waals surface area contributed by atoms with E-state index in [1.807, 2.05) is 19.3 Å². The van der Waals surface area contributed by atoms with Gasteiger partial charge in [-0.25, -0.2) is 0 Å². The molecule has 0 aromatic rings. The van der Waals surface area contributed by atoms with Crippen molar-refractivity contribution in [1.82, 2.24) is 0 Å². The Kier molecular flexibility index (Phi) is 7.29. The molecular formula is C14H28O3Si. The van der Waals surface area contributed by atoms with Crippen molar-refractivity contribution < 1.29 is 14.0 Å². The number of ether oxygens (including phenoxy) is 1. The third kappa shape index (κ3) is 6.84. The summed E-state index contributed by atoms with van der Waals surface area (Å²) in [6.07, 6.45) is 5.96. The lowest BCUT2D eigenvalue weighted by atomic mass is 10.2. The molecule has 106 valence electrons. The van der Waals surface area contributed by atoms with Gasteiger partial charge in [-0.3, -0.25) is 4.79 Å². The Bertz CT molecular complexity index is 277. The maximum absolute atomic E-state index is 11.1. The monoisotopic (exact) mass is 272 g/mol. The molecule has 0 atom stereocenters. The average Bonchev–Trinajstić information content (AvgIpc) is 2.21. The molecule has 0 saturated heterocycles. The molecule has 0 unspecified atom stereocenters. The first-order valence-electron chi connectivity index (χ1n) is 6.69. The number of hydrogen-bond donors (Lipinski definition) is 0. The molecule has 0 fully saturated rings. The Morgan fingerprint density at radius 2 is 1.89 bits per heavy atom. The van der Waals surface area contributed by atoms with E-state index in [0.717, 1.165) is 12.8 Å². The van der Waals surface area contributed by atoms with Crippen LogP contribution in [-0.4, -0.2) is 20.9 Å². The van der Waals surface area contributed by atoms with Crippen LogP contribution in [0.2, 0.25) is 18.1 Å². The van der Waals surface area contributed by atoms with Gasteiger partial charge in [-0.1, -0.05) is 26.8 Å². The highest BCUT2D eigenvalue weighted by atomic mass is 28.4. The summed E-state index contributed by atoms with van der Waals surface area (Å²) in [6.45, 7) is 13.4. The van der Waals surface area contributed by atoms with Crippen molar-refractivity contribution in [1.29, 1.82) is 0 Å². The number of carbonyl (C=O) groups excluding carboxylic acids is 1. The Morgan fingerprint density at radius 3 is 2.39 bits per heavy atom. The second-order valence-corrected chi connectivity index (χ2v) is 10.7. The van der Waals surface area contributed by atoms with Crippen LogP contribution < -0.4 is 0 Å². The molecule has 0 aromatic heterocycles. The molecule has 0 aliphatic carbocycles. The summed E-state index contributed by atoms with van der Waals surface area (Å²) in [4.78, 5) is 11.1. The highest BCUT2D eigenvalue weighted by molar-refractivity contribution is 6.74. The van der Waals surface area contributed by atoms with E-state index >= 15 is 0 Å². The van der Waals surface area contributed by atoms with E-state index in [1.165, 1.54) is 0 Å². The summed E-state index contributed by atoms with van der Waals surface area (Å²) >= 11 is 0. The number of rotatable bonds is 7. The molecule has 3 nitrogen and oxygen atoms in total. The van der Waals surface area contributed by atoms with Crippen LogP contribution in [0.3, 0.4) is 0 Å². The predicted octanol–water partition coefficient (Wildman–Crippen LogP) is 4.26. The summed E-state index contributed by atoms with van der Waals surface area (Å²) in [6, 6.07) is 0. The zero-order valence-corrected chi connectivity index (χ0v) is 13.7. The minimum atomic E-state index is -1.68. The average molecular weight is 272 g/mol. The van der Waals surface area contributed by atoms with E-state index in [0.29, 0.717) is 13.0 Å². The zero-order valence-electron chi connectivity index (χ0n) is 12.7. The Hall–Kier alpha value is -0.773. The molecule has 0 radical (unpaired) electrons. The van der Waals surface area contributed by atoms with E-state index < -0.39 is 8.32 Å². The van der Waals surface area contributed by atoms with Crippen molar-refractivity contribution >= 4 is 14.3 Å². The predicted molar refractivity (Wildman–Crippen MR) is 77.9 cm³/mol. The topological polar surface area (TPSA) is 35.5 Å². The summed E-state index contributed by atoms with van der Waals surface area (Å²) < 4.78 is 10.8. The molecule has 4 heteroatoms. The van der Waals surface area contributed by atoms with Crippen molar-refractivity contribution in [3.63, 3.8) is 0 Å². The van der Waals surface area contributed by atoms with Crippen LogP contribution in [0.1, 0.15) is 47.0 Å². The highest BCUT2D eigenvalue weighted by Crippen LogP contribution is 2.36. The van der Waals surface area contributed by atoms with Gasteiger partial charge in [0.1, 0.15) is 0 Å². The molecule has 0 bridgehead atoms. The quantitative estimate of drug-likeness (QED) is 0.301. The third-order valence-corrected chi connectivity index (χ3v) is 7.66. The number of unbranched alkanes of at least 4 members (excludes halogenated alkanes) is 1. The van der Waals surface area contributed by atoms with Gasteiger partial charge in [0, 0.05) is 6.42 Å². The molecule has 0 aromatic carbocycles. The second-order valence-electron chi connectivity index (χ2n) is 5.95. The van der Waals surface area contributed by atoms with Crippen molar-refractivity contribution in [3.05, 3.63) is 12.3 Å². The van der Waals surface area contributed by atoms with E-state index in [4.69, 9.17) is 9.16 Å². The van der Waals surface area contributed by atoms with Crippen LogP contribution in [0.4, 0.5) is 0 Å². The first kappa shape index (κ1) is 17.2.